The van der Waals surface area contributed by atoms with Gasteiger partial charge in [-0.15, -0.1) is 0 Å². The van der Waals surface area contributed by atoms with E-state index in [0.29, 0.717) is 17.9 Å². The molecule has 1 aromatic heterocycles. The SMILES string of the molecule is CC1CCc2c([nH]c(=O)[nH]c2=O)O1. The van der Waals surface area contributed by atoms with Gasteiger partial charge in [-0.3, -0.25) is 14.8 Å². The molecule has 0 fully saturated rings. The van der Waals surface area contributed by atoms with Crippen LogP contribution in [0.3, 0.4) is 0 Å². The molecular weight excluding hydrogens is 172 g/mol. The highest BCUT2D eigenvalue weighted by Gasteiger charge is 2.19. The molecule has 0 saturated heterocycles. The van der Waals surface area contributed by atoms with Crippen molar-refractivity contribution in [2.45, 2.75) is 25.9 Å². The second-order valence-electron chi connectivity index (χ2n) is 3.18. The van der Waals surface area contributed by atoms with Crippen LogP contribution < -0.4 is 16.0 Å². The van der Waals surface area contributed by atoms with Gasteiger partial charge < -0.3 is 4.74 Å². The summed E-state index contributed by atoms with van der Waals surface area (Å²) in [6, 6.07) is 0. The number of hydrogen-bond acceptors (Lipinski definition) is 3. The molecule has 2 N–H and O–H groups in total. The fraction of sp³-hybridized carbons (Fsp3) is 0.500. The van der Waals surface area contributed by atoms with E-state index in [9.17, 15) is 9.59 Å². The molecular formula is C8H10N2O3. The fourth-order valence-electron chi connectivity index (χ4n) is 1.43. The third kappa shape index (κ3) is 1.37. The lowest BCUT2D eigenvalue weighted by molar-refractivity contribution is 0.181. The van der Waals surface area contributed by atoms with Gasteiger partial charge in [0.1, 0.15) is 0 Å². The molecule has 70 valence electrons. The number of hydrogen-bond donors (Lipinski definition) is 2. The number of H-pyrrole nitrogens is 2. The number of nitrogens with one attached hydrogen (secondary N) is 2. The summed E-state index contributed by atoms with van der Waals surface area (Å²) < 4.78 is 5.32. The topological polar surface area (TPSA) is 75.0 Å². The molecule has 13 heavy (non-hydrogen) atoms. The lowest BCUT2D eigenvalue weighted by Gasteiger charge is -2.20. The number of rotatable bonds is 0. The van der Waals surface area contributed by atoms with Crippen molar-refractivity contribution in [3.05, 3.63) is 26.4 Å². The van der Waals surface area contributed by atoms with Crippen LogP contribution in [0.1, 0.15) is 18.9 Å². The number of aromatic amines is 2. The van der Waals surface area contributed by atoms with Crippen molar-refractivity contribution in [1.82, 2.24) is 9.97 Å². The van der Waals surface area contributed by atoms with Crippen LogP contribution in [-0.4, -0.2) is 16.1 Å². The maximum absolute atomic E-state index is 11.2. The van der Waals surface area contributed by atoms with E-state index < -0.39 is 5.69 Å². The standard InChI is InChI=1S/C8H10N2O3/c1-4-2-3-5-6(11)9-8(12)10-7(5)13-4/h4H,2-3H2,1H3,(H2,9,10,11,12). The van der Waals surface area contributed by atoms with Gasteiger partial charge in [0.15, 0.2) is 0 Å². The van der Waals surface area contributed by atoms with Crippen molar-refractivity contribution in [2.24, 2.45) is 0 Å². The monoisotopic (exact) mass is 182 g/mol. The van der Waals surface area contributed by atoms with Crippen LogP contribution >= 0.6 is 0 Å². The maximum Gasteiger partial charge on any atom is 0.328 e. The van der Waals surface area contributed by atoms with E-state index in [2.05, 4.69) is 9.97 Å². The van der Waals surface area contributed by atoms with Crippen molar-refractivity contribution in [1.29, 1.82) is 0 Å². The summed E-state index contributed by atoms with van der Waals surface area (Å²) in [5.41, 5.74) is -0.318. The summed E-state index contributed by atoms with van der Waals surface area (Å²) in [5.74, 6) is 0.326. The summed E-state index contributed by atoms with van der Waals surface area (Å²) in [6.45, 7) is 1.91. The molecule has 0 spiro atoms. The Kier molecular flexibility index (Phi) is 1.72. The molecule has 0 amide bonds. The zero-order valence-corrected chi connectivity index (χ0v) is 7.22. The molecule has 1 aliphatic heterocycles. The molecule has 1 unspecified atom stereocenters. The first-order valence-electron chi connectivity index (χ1n) is 4.19. The predicted octanol–water partition coefficient (Wildman–Crippen LogP) is -0.223. The molecule has 0 aromatic carbocycles. The average Bonchev–Trinajstić information content (AvgIpc) is 2.02. The summed E-state index contributed by atoms with van der Waals surface area (Å²) >= 11 is 0. The molecule has 0 bridgehead atoms. The van der Waals surface area contributed by atoms with Crippen LogP contribution in [0.4, 0.5) is 0 Å². The first kappa shape index (κ1) is 8.10. The van der Waals surface area contributed by atoms with Gasteiger partial charge in [-0.2, -0.15) is 0 Å². The zero-order valence-electron chi connectivity index (χ0n) is 7.22. The summed E-state index contributed by atoms with van der Waals surface area (Å²) in [7, 11) is 0. The summed E-state index contributed by atoms with van der Waals surface area (Å²) in [4.78, 5) is 26.7. The summed E-state index contributed by atoms with van der Waals surface area (Å²) in [5, 5.41) is 0. The first-order chi connectivity index (χ1) is 6.16. The molecule has 2 rings (SSSR count). The molecule has 5 heteroatoms. The van der Waals surface area contributed by atoms with Crippen LogP contribution in [0.5, 0.6) is 5.88 Å². The smallest absolute Gasteiger partial charge is 0.328 e. The Morgan fingerprint density at radius 1 is 1.38 bits per heavy atom. The molecule has 1 aliphatic rings. The second-order valence-corrected chi connectivity index (χ2v) is 3.18. The van der Waals surface area contributed by atoms with Crippen LogP contribution in [0.25, 0.3) is 0 Å². The van der Waals surface area contributed by atoms with Crippen LogP contribution in [0.15, 0.2) is 9.59 Å². The van der Waals surface area contributed by atoms with Crippen molar-refractivity contribution in [3.63, 3.8) is 0 Å². The van der Waals surface area contributed by atoms with E-state index in [1.807, 2.05) is 6.92 Å². The van der Waals surface area contributed by atoms with Gasteiger partial charge >= 0.3 is 5.69 Å². The Balaban J connectivity index is 2.60. The van der Waals surface area contributed by atoms with E-state index in [0.717, 1.165) is 6.42 Å². The zero-order chi connectivity index (χ0) is 9.42. The minimum absolute atomic E-state index is 0.0601. The average molecular weight is 182 g/mol. The highest BCUT2D eigenvalue weighted by molar-refractivity contribution is 5.24. The molecule has 0 aliphatic carbocycles. The number of fused-ring (bicyclic) bond motifs is 1. The van der Waals surface area contributed by atoms with Crippen molar-refractivity contribution in [3.8, 4) is 5.88 Å². The predicted molar refractivity (Wildman–Crippen MR) is 46.1 cm³/mol. The Morgan fingerprint density at radius 2 is 2.15 bits per heavy atom. The molecule has 5 nitrogen and oxygen atoms in total. The second kappa shape index (κ2) is 2.76. The van der Waals surface area contributed by atoms with Gasteiger partial charge in [0, 0.05) is 0 Å². The van der Waals surface area contributed by atoms with Gasteiger partial charge in [-0.1, -0.05) is 0 Å². The molecule has 1 aromatic rings. The minimum Gasteiger partial charge on any atom is -0.476 e. The van der Waals surface area contributed by atoms with E-state index in [-0.39, 0.29) is 11.7 Å². The van der Waals surface area contributed by atoms with Gasteiger partial charge in [0.05, 0.1) is 11.7 Å². The highest BCUT2D eigenvalue weighted by atomic mass is 16.5. The summed E-state index contributed by atoms with van der Waals surface area (Å²) in [6.07, 6.45) is 1.52. The molecule has 1 atom stereocenters. The van der Waals surface area contributed by atoms with Gasteiger partial charge in [-0.25, -0.2) is 4.79 Å². The minimum atomic E-state index is -0.516. The Labute approximate surface area is 73.8 Å². The van der Waals surface area contributed by atoms with Crippen LogP contribution in [0.2, 0.25) is 0 Å². The van der Waals surface area contributed by atoms with Crippen molar-refractivity contribution < 1.29 is 4.74 Å². The number of aromatic nitrogens is 2. The highest BCUT2D eigenvalue weighted by Crippen LogP contribution is 2.19. The van der Waals surface area contributed by atoms with Gasteiger partial charge in [-0.05, 0) is 19.8 Å². The molecule has 0 radical (unpaired) electrons. The van der Waals surface area contributed by atoms with E-state index in [1.54, 1.807) is 0 Å². The van der Waals surface area contributed by atoms with Gasteiger partial charge in [0.2, 0.25) is 5.88 Å². The maximum atomic E-state index is 11.2. The van der Waals surface area contributed by atoms with Crippen LogP contribution in [0, 0.1) is 0 Å². The van der Waals surface area contributed by atoms with E-state index in [4.69, 9.17) is 4.74 Å². The van der Waals surface area contributed by atoms with Crippen molar-refractivity contribution in [2.75, 3.05) is 0 Å². The van der Waals surface area contributed by atoms with Crippen molar-refractivity contribution >= 4 is 0 Å². The molecule has 2 heterocycles. The third-order valence-electron chi connectivity index (χ3n) is 2.12. The van der Waals surface area contributed by atoms with E-state index in [1.165, 1.54) is 0 Å². The lowest BCUT2D eigenvalue weighted by Crippen LogP contribution is -2.32. The quantitative estimate of drug-likeness (QED) is 0.582. The van der Waals surface area contributed by atoms with Crippen LogP contribution in [-0.2, 0) is 6.42 Å². The Bertz CT molecular complexity index is 432. The largest absolute Gasteiger partial charge is 0.476 e. The van der Waals surface area contributed by atoms with E-state index >= 15 is 0 Å². The lowest BCUT2D eigenvalue weighted by atomic mass is 10.1. The molecule has 0 saturated carbocycles. The first-order valence-corrected chi connectivity index (χ1v) is 4.19. The normalized spacial score (nSPS) is 20.5. The number of ether oxygens (including phenoxy) is 1. The Hall–Kier alpha value is -1.52. The fourth-order valence-corrected chi connectivity index (χ4v) is 1.43. The third-order valence-corrected chi connectivity index (χ3v) is 2.12. The Morgan fingerprint density at radius 3 is 2.92 bits per heavy atom. The van der Waals surface area contributed by atoms with Gasteiger partial charge in [0.25, 0.3) is 5.56 Å².